The van der Waals surface area contributed by atoms with Crippen molar-refractivity contribution in [1.29, 1.82) is 0 Å². The maximum Gasteiger partial charge on any atom is 0.416 e. The summed E-state index contributed by atoms with van der Waals surface area (Å²) in [5, 5.41) is 11.7. The number of rotatable bonds is 5. The SMILES string of the molecule is CC(=O)c1cnn(C(=O)N2C[C@H]3CC(N(C)Cc4ccc(-c5cccnn5)cc4C(F)(F)F)C[C@H]3C2)c1. The monoisotopic (exact) mass is 512 g/mol. The average Bonchev–Trinajstić information content (AvgIpc) is 3.59. The van der Waals surface area contributed by atoms with Crippen molar-refractivity contribution in [2.45, 2.75) is 38.5 Å². The Hall–Kier alpha value is -3.60. The molecule has 1 unspecified atom stereocenters. The van der Waals surface area contributed by atoms with Crippen LogP contribution in [-0.4, -0.2) is 67.8 Å². The van der Waals surface area contributed by atoms with E-state index in [-0.39, 0.29) is 41.8 Å². The lowest BCUT2D eigenvalue weighted by atomic mass is 10.0. The molecule has 8 nitrogen and oxygen atoms in total. The van der Waals surface area contributed by atoms with Crippen LogP contribution in [0.1, 0.15) is 41.3 Å². The molecule has 3 heterocycles. The van der Waals surface area contributed by atoms with Gasteiger partial charge >= 0.3 is 12.2 Å². The predicted octanol–water partition coefficient (Wildman–Crippen LogP) is 4.37. The smallest absolute Gasteiger partial charge is 0.322 e. The summed E-state index contributed by atoms with van der Waals surface area (Å²) < 4.78 is 43.0. The van der Waals surface area contributed by atoms with Crippen LogP contribution >= 0.6 is 0 Å². The van der Waals surface area contributed by atoms with Gasteiger partial charge in [0.05, 0.1) is 23.0 Å². The van der Waals surface area contributed by atoms with Gasteiger partial charge in [0, 0.05) is 43.6 Å². The Labute approximate surface area is 212 Å². The van der Waals surface area contributed by atoms with Crippen molar-refractivity contribution in [2.75, 3.05) is 20.1 Å². The highest BCUT2D eigenvalue weighted by Gasteiger charge is 2.44. The van der Waals surface area contributed by atoms with E-state index >= 15 is 0 Å². The maximum atomic E-state index is 13.9. The number of alkyl halides is 3. The summed E-state index contributed by atoms with van der Waals surface area (Å²) in [6, 6.07) is 7.47. The van der Waals surface area contributed by atoms with Gasteiger partial charge in [0.2, 0.25) is 0 Å². The van der Waals surface area contributed by atoms with Crippen LogP contribution in [0.25, 0.3) is 11.3 Å². The molecule has 37 heavy (non-hydrogen) atoms. The molecule has 2 aliphatic rings. The molecule has 5 rings (SSSR count). The molecular weight excluding hydrogens is 485 g/mol. The van der Waals surface area contributed by atoms with E-state index in [4.69, 9.17) is 0 Å². The third kappa shape index (κ3) is 5.13. The van der Waals surface area contributed by atoms with Crippen LogP contribution in [0.15, 0.2) is 48.9 Å². The van der Waals surface area contributed by atoms with Gasteiger partial charge in [0.1, 0.15) is 0 Å². The lowest BCUT2D eigenvalue weighted by molar-refractivity contribution is -0.138. The average molecular weight is 513 g/mol. The number of halogens is 3. The van der Waals surface area contributed by atoms with Crippen molar-refractivity contribution in [1.82, 2.24) is 29.8 Å². The summed E-state index contributed by atoms with van der Waals surface area (Å²) in [5.74, 6) is 0.404. The number of fused-ring (bicyclic) bond motifs is 1. The van der Waals surface area contributed by atoms with Crippen molar-refractivity contribution in [3.63, 3.8) is 0 Å². The van der Waals surface area contributed by atoms with Crippen molar-refractivity contribution in [3.8, 4) is 11.3 Å². The number of carbonyl (C=O) groups excluding carboxylic acids is 2. The fourth-order valence-electron chi connectivity index (χ4n) is 5.53. The van der Waals surface area contributed by atoms with E-state index in [0.717, 1.165) is 18.9 Å². The second-order valence-electron chi connectivity index (χ2n) is 9.96. The number of hydrogen-bond acceptors (Lipinski definition) is 6. The summed E-state index contributed by atoms with van der Waals surface area (Å²) in [7, 11) is 1.86. The van der Waals surface area contributed by atoms with Crippen LogP contribution in [-0.2, 0) is 12.7 Å². The Morgan fingerprint density at radius 3 is 2.46 bits per heavy atom. The van der Waals surface area contributed by atoms with Gasteiger partial charge in [-0.3, -0.25) is 9.69 Å². The lowest BCUT2D eigenvalue weighted by Gasteiger charge is -2.27. The zero-order valence-corrected chi connectivity index (χ0v) is 20.5. The molecule has 0 spiro atoms. The Morgan fingerprint density at radius 2 is 1.86 bits per heavy atom. The van der Waals surface area contributed by atoms with Crippen molar-refractivity contribution >= 4 is 11.8 Å². The molecule has 1 amide bonds. The van der Waals surface area contributed by atoms with Crippen LogP contribution in [0, 0.1) is 11.8 Å². The van der Waals surface area contributed by atoms with Crippen LogP contribution in [0.2, 0.25) is 0 Å². The zero-order chi connectivity index (χ0) is 26.3. The van der Waals surface area contributed by atoms with Crippen molar-refractivity contribution in [2.24, 2.45) is 11.8 Å². The highest BCUT2D eigenvalue weighted by molar-refractivity contribution is 5.94. The van der Waals surface area contributed by atoms with Crippen molar-refractivity contribution in [3.05, 3.63) is 65.6 Å². The molecule has 2 aromatic heterocycles. The van der Waals surface area contributed by atoms with Gasteiger partial charge < -0.3 is 4.90 Å². The maximum absolute atomic E-state index is 13.9. The minimum atomic E-state index is -4.49. The molecule has 194 valence electrons. The number of carbonyl (C=O) groups is 2. The third-order valence-electron chi connectivity index (χ3n) is 7.51. The van der Waals surface area contributed by atoms with E-state index in [1.807, 2.05) is 11.9 Å². The number of amides is 1. The highest BCUT2D eigenvalue weighted by Crippen LogP contribution is 2.41. The van der Waals surface area contributed by atoms with Gasteiger partial charge in [-0.1, -0.05) is 12.1 Å². The minimum absolute atomic E-state index is 0.127. The Kier molecular flexibility index (Phi) is 6.57. The highest BCUT2D eigenvalue weighted by atomic mass is 19.4. The minimum Gasteiger partial charge on any atom is -0.322 e. The number of hydrogen-bond donors (Lipinski definition) is 0. The van der Waals surface area contributed by atoms with E-state index in [2.05, 4.69) is 15.3 Å². The molecule has 11 heteroatoms. The Balaban J connectivity index is 1.24. The number of benzene rings is 1. The van der Waals surface area contributed by atoms with Gasteiger partial charge in [0.15, 0.2) is 5.78 Å². The lowest BCUT2D eigenvalue weighted by Crippen LogP contribution is -2.36. The normalized spacial score (nSPS) is 21.5. The first-order chi connectivity index (χ1) is 17.6. The summed E-state index contributed by atoms with van der Waals surface area (Å²) >= 11 is 0. The molecule has 1 saturated carbocycles. The molecule has 2 fully saturated rings. The largest absolute Gasteiger partial charge is 0.416 e. The molecule has 3 atom stereocenters. The van der Waals surface area contributed by atoms with E-state index in [0.29, 0.717) is 29.9 Å². The number of aromatic nitrogens is 4. The molecule has 1 aromatic carbocycles. The molecule has 1 aliphatic carbocycles. The Morgan fingerprint density at radius 1 is 1.14 bits per heavy atom. The van der Waals surface area contributed by atoms with E-state index in [1.54, 1.807) is 23.1 Å². The number of Topliss-reactive ketones (excluding diaryl/α,β-unsaturated/α-hetero) is 1. The molecule has 3 aromatic rings. The fourth-order valence-corrected chi connectivity index (χ4v) is 5.53. The van der Waals surface area contributed by atoms with Gasteiger partial charge in [0.25, 0.3) is 0 Å². The van der Waals surface area contributed by atoms with Crippen molar-refractivity contribution < 1.29 is 22.8 Å². The first kappa shape index (κ1) is 25.1. The standard InChI is InChI=1S/C26H27F3N6O2/c1-16(36)21-11-31-35(15-21)25(37)34-13-19-8-22(9-20(19)14-34)33(2)12-18-6-5-17(10-23(18)26(27,28)29)24-4-3-7-30-32-24/h3-7,10-11,15,19-20,22H,8-9,12-14H2,1-2H3/t19-,20+,22?. The molecule has 0 radical (unpaired) electrons. The van der Waals surface area contributed by atoms with Gasteiger partial charge in [-0.05, 0) is 62.4 Å². The summed E-state index contributed by atoms with van der Waals surface area (Å²) in [4.78, 5) is 28.1. The first-order valence-electron chi connectivity index (χ1n) is 12.1. The number of ketones is 1. The molecule has 1 saturated heterocycles. The fraction of sp³-hybridized carbons (Fsp3) is 0.423. The second kappa shape index (κ2) is 9.70. The van der Waals surface area contributed by atoms with Gasteiger partial charge in [-0.2, -0.15) is 33.1 Å². The van der Waals surface area contributed by atoms with Crippen LogP contribution < -0.4 is 0 Å². The molecule has 0 N–H and O–H groups in total. The zero-order valence-electron chi connectivity index (χ0n) is 20.5. The van der Waals surface area contributed by atoms with Gasteiger partial charge in [-0.15, -0.1) is 0 Å². The predicted molar refractivity (Wildman–Crippen MR) is 129 cm³/mol. The Bertz CT molecular complexity index is 1300. The topological polar surface area (TPSA) is 84.2 Å². The first-order valence-corrected chi connectivity index (χ1v) is 12.1. The second-order valence-corrected chi connectivity index (χ2v) is 9.96. The van der Waals surface area contributed by atoms with Crippen LogP contribution in [0.3, 0.4) is 0 Å². The summed E-state index contributed by atoms with van der Waals surface area (Å²) in [5.41, 5.74) is 0.707. The number of likely N-dealkylation sites (tertiary alicyclic amines) is 1. The molecule has 0 bridgehead atoms. The van der Waals surface area contributed by atoms with Crippen LogP contribution in [0.4, 0.5) is 18.0 Å². The third-order valence-corrected chi connectivity index (χ3v) is 7.51. The van der Waals surface area contributed by atoms with E-state index in [9.17, 15) is 22.8 Å². The molecule has 1 aliphatic heterocycles. The number of nitrogens with zero attached hydrogens (tertiary/aromatic N) is 6. The molecular formula is C26H27F3N6O2. The van der Waals surface area contributed by atoms with Crippen LogP contribution in [0.5, 0.6) is 0 Å². The summed E-state index contributed by atoms with van der Waals surface area (Å²) in [6.45, 7) is 2.74. The summed E-state index contributed by atoms with van der Waals surface area (Å²) in [6.07, 6.45) is 1.44. The van der Waals surface area contributed by atoms with E-state index in [1.165, 1.54) is 36.3 Å². The van der Waals surface area contributed by atoms with E-state index < -0.39 is 11.7 Å². The van der Waals surface area contributed by atoms with Gasteiger partial charge in [-0.25, -0.2) is 4.79 Å². The quantitative estimate of drug-likeness (QED) is 0.472.